The van der Waals surface area contributed by atoms with Crippen LogP contribution in [0.4, 0.5) is 0 Å². The normalized spacial score (nSPS) is 15.9. The van der Waals surface area contributed by atoms with Gasteiger partial charge in [-0.15, -0.1) is 4.13 Å². The second kappa shape index (κ2) is 11.4. The zero-order chi connectivity index (χ0) is 21.3. The molecule has 0 heterocycles. The lowest BCUT2D eigenvalue weighted by Crippen LogP contribution is -2.50. The molecule has 0 saturated heterocycles. The van der Waals surface area contributed by atoms with Gasteiger partial charge in [0, 0.05) is 17.9 Å². The lowest BCUT2D eigenvalue weighted by Gasteiger charge is -2.19. The summed E-state index contributed by atoms with van der Waals surface area (Å²) < 4.78 is 26.9. The van der Waals surface area contributed by atoms with Crippen molar-refractivity contribution in [3.8, 4) is 0 Å². The Kier molecular flexibility index (Phi) is 10.7. The molecule has 2 amide bonds. The van der Waals surface area contributed by atoms with Gasteiger partial charge in [0.05, 0.1) is 9.73 Å². The van der Waals surface area contributed by atoms with Crippen LogP contribution >= 0.6 is 7.75 Å². The maximum absolute atomic E-state index is 12.7. The van der Waals surface area contributed by atoms with Crippen LogP contribution in [0.3, 0.4) is 0 Å². The molecule has 0 aromatic heterocycles. The Morgan fingerprint density at radius 3 is 2.19 bits per heavy atom. The summed E-state index contributed by atoms with van der Waals surface area (Å²) in [5.74, 6) is -3.00. The molecule has 0 aromatic rings. The summed E-state index contributed by atoms with van der Waals surface area (Å²) in [6.45, 7) is 4.77. The van der Waals surface area contributed by atoms with Gasteiger partial charge in [-0.2, -0.15) is 0 Å². The maximum Gasteiger partial charge on any atom is 0.456 e. The Morgan fingerprint density at radius 1 is 1.15 bits per heavy atom. The molecule has 0 spiro atoms. The number of hydrogen-bond acceptors (Lipinski definition) is 5. The summed E-state index contributed by atoms with van der Waals surface area (Å²) in [6, 6.07) is -2.41. The standard InChI is InChI=1S/C14H28N3O8PS/c1-4-6-8-27(25,17-26(22,23)24)9-7-11(14(20)21)16-13(19)10(3)15-12(18)5-2/h10-11H,4-9H2,1-3H3,(H,15,18)(H,16,19)(H,20,21)(H2,22,23,24)/t10-,11-,27?/m0/s1. The fraction of sp³-hybridized carbons (Fsp3) is 0.786. The van der Waals surface area contributed by atoms with Crippen molar-refractivity contribution in [3.05, 3.63) is 0 Å². The summed E-state index contributed by atoms with van der Waals surface area (Å²) >= 11 is 0. The minimum Gasteiger partial charge on any atom is -0.480 e. The predicted octanol–water partition coefficient (Wildman–Crippen LogP) is 0.221. The number of carbonyl (C=O) groups excluding carboxylic acids is 2. The largest absolute Gasteiger partial charge is 0.480 e. The van der Waals surface area contributed by atoms with Gasteiger partial charge in [-0.05, 0) is 19.8 Å². The van der Waals surface area contributed by atoms with Crippen LogP contribution in [0.25, 0.3) is 0 Å². The van der Waals surface area contributed by atoms with Crippen molar-refractivity contribution in [2.45, 2.75) is 58.5 Å². The van der Waals surface area contributed by atoms with Gasteiger partial charge < -0.3 is 25.5 Å². The van der Waals surface area contributed by atoms with Crippen LogP contribution in [0.2, 0.25) is 0 Å². The third-order valence-corrected chi connectivity index (χ3v) is 7.35. The molecule has 0 fully saturated rings. The summed E-state index contributed by atoms with van der Waals surface area (Å²) in [4.78, 5) is 52.7. The fourth-order valence-electron chi connectivity index (χ4n) is 2.01. The first-order chi connectivity index (χ1) is 12.3. The average molecular weight is 429 g/mol. The van der Waals surface area contributed by atoms with Gasteiger partial charge in [-0.3, -0.25) is 9.59 Å². The van der Waals surface area contributed by atoms with Crippen molar-refractivity contribution in [2.24, 2.45) is 4.13 Å². The zero-order valence-corrected chi connectivity index (χ0v) is 17.3. The zero-order valence-electron chi connectivity index (χ0n) is 15.6. The van der Waals surface area contributed by atoms with Crippen molar-refractivity contribution in [1.82, 2.24) is 10.6 Å². The minimum absolute atomic E-state index is 0.0855. The van der Waals surface area contributed by atoms with E-state index in [-0.39, 0.29) is 24.5 Å². The number of carboxylic acid groups (broad SMARTS) is 1. The molecule has 0 aliphatic heterocycles. The van der Waals surface area contributed by atoms with Gasteiger partial charge in [-0.1, -0.05) is 20.3 Å². The van der Waals surface area contributed by atoms with Gasteiger partial charge >= 0.3 is 13.7 Å². The Balaban J connectivity index is 5.18. The number of aliphatic carboxylic acids is 1. The van der Waals surface area contributed by atoms with Crippen molar-refractivity contribution in [1.29, 1.82) is 0 Å². The average Bonchev–Trinajstić information content (AvgIpc) is 2.54. The molecule has 0 bridgehead atoms. The third-order valence-electron chi connectivity index (χ3n) is 3.50. The van der Waals surface area contributed by atoms with Gasteiger partial charge in [0.25, 0.3) is 0 Å². The molecule has 0 saturated carbocycles. The molecular formula is C14H28N3O8PS. The summed E-state index contributed by atoms with van der Waals surface area (Å²) in [5, 5.41) is 13.9. The van der Waals surface area contributed by atoms with E-state index in [1.807, 2.05) is 0 Å². The van der Waals surface area contributed by atoms with Crippen LogP contribution in [-0.2, 0) is 28.7 Å². The Labute approximate surface area is 158 Å². The highest BCUT2D eigenvalue weighted by molar-refractivity contribution is 7.96. The van der Waals surface area contributed by atoms with Crippen LogP contribution in [-0.4, -0.2) is 60.5 Å². The molecule has 13 heteroatoms. The number of unbranched alkanes of at least 4 members (excludes halogenated alkanes) is 1. The lowest BCUT2D eigenvalue weighted by atomic mass is 10.2. The van der Waals surface area contributed by atoms with E-state index in [9.17, 15) is 28.3 Å². The molecule has 27 heavy (non-hydrogen) atoms. The van der Waals surface area contributed by atoms with Gasteiger partial charge in [0.1, 0.15) is 12.1 Å². The minimum atomic E-state index is -4.91. The van der Waals surface area contributed by atoms with Gasteiger partial charge in [-0.25, -0.2) is 13.6 Å². The molecule has 0 aliphatic rings. The van der Waals surface area contributed by atoms with E-state index in [1.54, 1.807) is 13.8 Å². The van der Waals surface area contributed by atoms with Crippen LogP contribution in [0.5, 0.6) is 0 Å². The quantitative estimate of drug-likeness (QED) is 0.273. The van der Waals surface area contributed by atoms with E-state index in [0.29, 0.717) is 12.8 Å². The monoisotopic (exact) mass is 429 g/mol. The number of rotatable bonds is 12. The van der Waals surface area contributed by atoms with E-state index < -0.39 is 47.2 Å². The number of amides is 2. The topological polar surface area (TPSA) is 182 Å². The second-order valence-electron chi connectivity index (χ2n) is 5.96. The van der Waals surface area contributed by atoms with Crippen LogP contribution < -0.4 is 10.6 Å². The molecule has 11 nitrogen and oxygen atoms in total. The lowest BCUT2D eigenvalue weighted by molar-refractivity contribution is -0.142. The SMILES string of the molecule is CCCCS(=O)(CC[C@H](NC(=O)[C@H](C)NC(=O)CC)C(=O)O)=NP(=O)(O)O. The number of carbonyl (C=O) groups is 3. The summed E-state index contributed by atoms with van der Waals surface area (Å²) in [7, 11) is -8.25. The first-order valence-corrected chi connectivity index (χ1v) is 11.9. The van der Waals surface area contributed by atoms with E-state index in [0.717, 1.165) is 0 Å². The van der Waals surface area contributed by atoms with Gasteiger partial charge in [0.15, 0.2) is 0 Å². The van der Waals surface area contributed by atoms with E-state index in [1.165, 1.54) is 6.92 Å². The van der Waals surface area contributed by atoms with Crippen molar-refractivity contribution < 1.29 is 38.1 Å². The van der Waals surface area contributed by atoms with Crippen molar-refractivity contribution in [2.75, 3.05) is 11.5 Å². The number of carboxylic acids is 1. The third kappa shape index (κ3) is 11.1. The first kappa shape index (κ1) is 25.5. The molecule has 0 rings (SSSR count). The summed E-state index contributed by atoms with van der Waals surface area (Å²) in [5.41, 5.74) is 0. The molecule has 5 N–H and O–H groups in total. The van der Waals surface area contributed by atoms with Crippen LogP contribution in [0, 0.1) is 0 Å². The molecular weight excluding hydrogens is 401 g/mol. The maximum atomic E-state index is 12.7. The van der Waals surface area contributed by atoms with Crippen molar-refractivity contribution in [3.63, 3.8) is 0 Å². The van der Waals surface area contributed by atoms with Crippen LogP contribution in [0.15, 0.2) is 4.13 Å². The Morgan fingerprint density at radius 2 is 1.74 bits per heavy atom. The smallest absolute Gasteiger partial charge is 0.456 e. The van der Waals surface area contributed by atoms with Gasteiger partial charge in [0.2, 0.25) is 11.8 Å². The summed E-state index contributed by atoms with van der Waals surface area (Å²) in [6.07, 6.45) is 0.832. The highest BCUT2D eigenvalue weighted by Gasteiger charge is 2.26. The first-order valence-electron chi connectivity index (χ1n) is 8.45. The van der Waals surface area contributed by atoms with E-state index >= 15 is 0 Å². The number of nitrogens with one attached hydrogen (secondary N) is 2. The Hall–Kier alpha value is -1.49. The van der Waals surface area contributed by atoms with E-state index in [4.69, 9.17) is 9.79 Å². The highest BCUT2D eigenvalue weighted by Crippen LogP contribution is 2.38. The predicted molar refractivity (Wildman–Crippen MR) is 99.3 cm³/mol. The van der Waals surface area contributed by atoms with Crippen molar-refractivity contribution >= 4 is 35.3 Å². The molecule has 3 atom stereocenters. The number of hydrogen-bond donors (Lipinski definition) is 5. The van der Waals surface area contributed by atoms with E-state index in [2.05, 4.69) is 14.8 Å². The Bertz CT molecular complexity index is 698. The number of nitrogens with zero attached hydrogens (tertiary/aromatic N) is 1. The fourth-order valence-corrected chi connectivity index (χ4v) is 5.76. The molecule has 158 valence electrons. The molecule has 0 aliphatic carbocycles. The molecule has 0 radical (unpaired) electrons. The highest BCUT2D eigenvalue weighted by atomic mass is 32.2. The van der Waals surface area contributed by atoms with Crippen LogP contribution in [0.1, 0.15) is 46.5 Å². The molecule has 0 aromatic carbocycles. The second-order valence-corrected chi connectivity index (χ2v) is 10.0. The molecule has 1 unspecified atom stereocenters.